The molecule has 0 fully saturated rings. The Hall–Kier alpha value is -1.25. The third-order valence-corrected chi connectivity index (χ3v) is 5.91. The minimum atomic E-state index is 0.389. The molecule has 0 radical (unpaired) electrons. The average Bonchev–Trinajstić information content (AvgIpc) is 3.00. The van der Waals surface area contributed by atoms with Crippen LogP contribution in [0.5, 0.6) is 0 Å². The summed E-state index contributed by atoms with van der Waals surface area (Å²) in [5, 5.41) is 4.48. The predicted molar refractivity (Wildman–Crippen MR) is 108 cm³/mol. The van der Waals surface area contributed by atoms with E-state index in [1.54, 1.807) is 0 Å². The summed E-state index contributed by atoms with van der Waals surface area (Å²) in [5.74, 6) is 2.60. The van der Waals surface area contributed by atoms with Crippen molar-refractivity contribution in [1.82, 2.24) is 5.43 Å². The van der Waals surface area contributed by atoms with E-state index < -0.39 is 0 Å². The molecule has 3 heteroatoms. The Kier molecular flexibility index (Phi) is 8.57. The summed E-state index contributed by atoms with van der Waals surface area (Å²) in [6.07, 6.45) is 16.9. The van der Waals surface area contributed by atoms with E-state index in [9.17, 15) is 0 Å². The van der Waals surface area contributed by atoms with Crippen molar-refractivity contribution in [3.8, 4) is 0 Å². The van der Waals surface area contributed by atoms with E-state index in [4.69, 9.17) is 4.74 Å². The largest absolute Gasteiger partial charge is 0.480 e. The number of rotatable bonds is 9. The van der Waals surface area contributed by atoms with Gasteiger partial charge in [-0.15, -0.1) is 5.10 Å². The van der Waals surface area contributed by atoms with Gasteiger partial charge in [0, 0.05) is 6.42 Å². The summed E-state index contributed by atoms with van der Waals surface area (Å²) >= 11 is 0. The molecule has 1 N–H and O–H groups in total. The number of ether oxygens (including phenoxy) is 1. The van der Waals surface area contributed by atoms with Crippen molar-refractivity contribution in [2.45, 2.75) is 85.1 Å². The normalized spacial score (nSPS) is 29.0. The number of unbranched alkanes of at least 4 members (excludes halogenated alkanes) is 6. The highest BCUT2D eigenvalue weighted by atomic mass is 16.5. The fraction of sp³-hybridized carbons (Fsp3) is 0.773. The second kappa shape index (κ2) is 10.7. The van der Waals surface area contributed by atoms with Crippen LogP contribution in [0.25, 0.3) is 0 Å². The smallest absolute Gasteiger partial charge is 0.207 e. The minimum Gasteiger partial charge on any atom is -0.480 e. The van der Waals surface area contributed by atoms with E-state index in [0.29, 0.717) is 23.8 Å². The van der Waals surface area contributed by atoms with Crippen LogP contribution < -0.4 is 5.43 Å². The Morgan fingerprint density at radius 1 is 1.12 bits per heavy atom. The molecule has 1 aliphatic carbocycles. The molecule has 142 valence electrons. The number of hydrogen-bond donors (Lipinski definition) is 1. The van der Waals surface area contributed by atoms with Crippen LogP contribution in [0.4, 0.5) is 0 Å². The lowest BCUT2D eigenvalue weighted by atomic mass is 9.75. The van der Waals surface area contributed by atoms with Crippen molar-refractivity contribution in [2.24, 2.45) is 22.9 Å². The molecule has 0 bridgehead atoms. The summed E-state index contributed by atoms with van der Waals surface area (Å²) < 4.78 is 5.94. The first kappa shape index (κ1) is 20.1. The Balaban J connectivity index is 1.67. The van der Waals surface area contributed by atoms with Crippen molar-refractivity contribution in [1.29, 1.82) is 0 Å². The Morgan fingerprint density at radius 2 is 1.84 bits per heavy atom. The number of nitrogens with one attached hydrogen (secondary N) is 1. The van der Waals surface area contributed by atoms with Crippen molar-refractivity contribution < 1.29 is 4.74 Å². The van der Waals surface area contributed by atoms with Gasteiger partial charge < -0.3 is 10.2 Å². The monoisotopic (exact) mass is 346 g/mol. The molecule has 0 aromatic heterocycles. The number of hydrazone groups is 1. The lowest BCUT2D eigenvalue weighted by molar-refractivity contribution is 0.245. The van der Waals surface area contributed by atoms with Gasteiger partial charge in [-0.3, -0.25) is 0 Å². The molecular formula is C22H38N2O. The van der Waals surface area contributed by atoms with Crippen LogP contribution in [-0.2, 0) is 4.74 Å². The van der Waals surface area contributed by atoms with Gasteiger partial charge in [-0.05, 0) is 31.1 Å². The van der Waals surface area contributed by atoms with Crippen molar-refractivity contribution in [3.63, 3.8) is 0 Å². The second-order valence-electron chi connectivity index (χ2n) is 7.94. The summed E-state index contributed by atoms with van der Waals surface area (Å²) in [4.78, 5) is 0. The average molecular weight is 347 g/mol. The first-order valence-corrected chi connectivity index (χ1v) is 10.4. The van der Waals surface area contributed by atoms with Gasteiger partial charge >= 0.3 is 0 Å². The van der Waals surface area contributed by atoms with Gasteiger partial charge in [0.25, 0.3) is 0 Å². The maximum absolute atomic E-state index is 5.94. The van der Waals surface area contributed by atoms with Crippen molar-refractivity contribution in [2.75, 3.05) is 6.61 Å². The fourth-order valence-corrected chi connectivity index (χ4v) is 4.13. The van der Waals surface area contributed by atoms with Crippen molar-refractivity contribution in [3.05, 3.63) is 23.8 Å². The highest BCUT2D eigenvalue weighted by Gasteiger charge is 2.35. The Morgan fingerprint density at radius 3 is 2.60 bits per heavy atom. The minimum absolute atomic E-state index is 0.389. The SMILES string of the molecule is CCCCCCCCCOC1=NNC(C2C(C)C=CC=C(C)C2C)C1. The summed E-state index contributed by atoms with van der Waals surface area (Å²) in [6, 6.07) is 0.389. The van der Waals surface area contributed by atoms with Gasteiger partial charge in [0.2, 0.25) is 5.90 Å². The van der Waals surface area contributed by atoms with Gasteiger partial charge in [-0.2, -0.15) is 0 Å². The van der Waals surface area contributed by atoms with Crippen LogP contribution >= 0.6 is 0 Å². The third kappa shape index (κ3) is 6.20. The predicted octanol–water partition coefficient (Wildman–Crippen LogP) is 5.83. The van der Waals surface area contributed by atoms with E-state index in [0.717, 1.165) is 25.3 Å². The van der Waals surface area contributed by atoms with Gasteiger partial charge in [0.1, 0.15) is 0 Å². The Bertz CT molecular complexity index is 480. The quantitative estimate of drug-likeness (QED) is 0.533. The zero-order valence-corrected chi connectivity index (χ0v) is 16.8. The van der Waals surface area contributed by atoms with Gasteiger partial charge in [0.15, 0.2) is 0 Å². The van der Waals surface area contributed by atoms with Crippen molar-refractivity contribution >= 4 is 5.90 Å². The van der Waals surface area contributed by atoms with E-state index in [1.165, 1.54) is 44.1 Å². The van der Waals surface area contributed by atoms with Crippen LogP contribution in [0, 0.1) is 17.8 Å². The standard InChI is InChI=1S/C22H38N2O/c1-5-6-7-8-9-10-11-15-25-21-16-20(23-24-21)22-18(3)14-12-13-17(2)19(22)4/h12-14,18-20,22-23H,5-11,15-16H2,1-4H3. The maximum atomic E-state index is 5.94. The molecule has 4 atom stereocenters. The number of allylic oxidation sites excluding steroid dienone is 4. The molecule has 0 saturated carbocycles. The lowest BCUT2D eigenvalue weighted by Gasteiger charge is -2.32. The highest BCUT2D eigenvalue weighted by molar-refractivity contribution is 5.78. The van der Waals surface area contributed by atoms with Gasteiger partial charge in [0.05, 0.1) is 12.6 Å². The molecule has 4 unspecified atom stereocenters. The number of hydrogen-bond acceptors (Lipinski definition) is 3. The lowest BCUT2D eigenvalue weighted by Crippen LogP contribution is -2.37. The molecule has 0 spiro atoms. The molecule has 1 heterocycles. The molecule has 25 heavy (non-hydrogen) atoms. The molecular weight excluding hydrogens is 308 g/mol. The molecule has 2 aliphatic rings. The van der Waals surface area contributed by atoms with Crippen LogP contribution in [-0.4, -0.2) is 18.5 Å². The molecule has 0 aromatic rings. The van der Waals surface area contributed by atoms with Crippen LogP contribution in [0.2, 0.25) is 0 Å². The fourth-order valence-electron chi connectivity index (χ4n) is 4.13. The molecule has 0 aromatic carbocycles. The second-order valence-corrected chi connectivity index (χ2v) is 7.94. The zero-order chi connectivity index (χ0) is 18.1. The van der Waals surface area contributed by atoms with E-state index in [2.05, 4.69) is 56.5 Å². The first-order chi connectivity index (χ1) is 12.1. The Labute approximate surface area is 155 Å². The maximum Gasteiger partial charge on any atom is 0.207 e. The topological polar surface area (TPSA) is 33.6 Å². The summed E-state index contributed by atoms with van der Waals surface area (Å²) in [6.45, 7) is 9.99. The van der Waals surface area contributed by atoms with Gasteiger partial charge in [-0.1, -0.05) is 83.1 Å². The molecule has 0 amide bonds. The van der Waals surface area contributed by atoms with E-state index in [1.807, 2.05) is 0 Å². The van der Waals surface area contributed by atoms with Crippen LogP contribution in [0.1, 0.15) is 79.1 Å². The molecule has 1 aliphatic heterocycles. The van der Waals surface area contributed by atoms with Crippen LogP contribution in [0.3, 0.4) is 0 Å². The number of nitrogens with zero attached hydrogens (tertiary/aromatic N) is 1. The third-order valence-electron chi connectivity index (χ3n) is 5.91. The summed E-state index contributed by atoms with van der Waals surface area (Å²) in [7, 11) is 0. The molecule has 2 rings (SSSR count). The zero-order valence-electron chi connectivity index (χ0n) is 16.8. The van der Waals surface area contributed by atoms with Gasteiger partial charge in [-0.25, -0.2) is 0 Å². The first-order valence-electron chi connectivity index (χ1n) is 10.4. The van der Waals surface area contributed by atoms with E-state index >= 15 is 0 Å². The van der Waals surface area contributed by atoms with E-state index in [-0.39, 0.29) is 0 Å². The highest BCUT2D eigenvalue weighted by Crippen LogP contribution is 2.35. The summed E-state index contributed by atoms with van der Waals surface area (Å²) in [5.41, 5.74) is 4.83. The molecule has 0 saturated heterocycles. The van der Waals surface area contributed by atoms with Crippen LogP contribution in [0.15, 0.2) is 28.9 Å². The molecule has 3 nitrogen and oxygen atoms in total.